The number of aryl methyl sites for hydroxylation is 1. The summed E-state index contributed by atoms with van der Waals surface area (Å²) in [5.74, 6) is 1.03. The average Bonchev–Trinajstić information content (AvgIpc) is 2.43. The van der Waals surface area contributed by atoms with E-state index in [-0.39, 0.29) is 0 Å². The number of hydrogen-bond acceptors (Lipinski definition) is 1. The molecule has 0 atom stereocenters. The quantitative estimate of drug-likeness (QED) is 0.527. The van der Waals surface area contributed by atoms with Gasteiger partial charge in [-0.2, -0.15) is 0 Å². The Bertz CT molecular complexity index is 634. The first-order valence-corrected chi connectivity index (χ1v) is 8.88. The molecule has 0 aromatic heterocycles. The van der Waals surface area contributed by atoms with Gasteiger partial charge >= 0.3 is 134 Å². The van der Waals surface area contributed by atoms with Crippen LogP contribution in [-0.2, 0) is 0 Å². The fourth-order valence-corrected chi connectivity index (χ4v) is 5.07. The van der Waals surface area contributed by atoms with Gasteiger partial charge in [-0.1, -0.05) is 0 Å². The van der Waals surface area contributed by atoms with Gasteiger partial charge in [0.25, 0.3) is 0 Å². The third kappa shape index (κ3) is 2.88. The van der Waals surface area contributed by atoms with Crippen LogP contribution in [0.25, 0.3) is 4.47 Å². The predicted molar refractivity (Wildman–Crippen MR) is 89.4 cm³/mol. The fraction of sp³-hybridized carbons (Fsp3) is 0.125. The Hall–Kier alpha value is -0.771. The van der Waals surface area contributed by atoms with Crippen LogP contribution in [0.2, 0.25) is 0 Å². The number of hydrogen-bond donors (Lipinski definition) is 0. The Morgan fingerprint density at radius 1 is 1.11 bits per heavy atom. The van der Waals surface area contributed by atoms with Crippen molar-refractivity contribution in [2.24, 2.45) is 0 Å². The SMILES string of the molecule is Cc1ccc2c(c1)C([Se]c1ccccc1)=C(I)CO2. The Kier molecular flexibility index (Phi) is 3.96. The molecule has 0 aliphatic carbocycles. The molecule has 96 valence electrons. The molecular weight excluding hydrogens is 414 g/mol. The molecule has 0 saturated heterocycles. The van der Waals surface area contributed by atoms with Crippen molar-refractivity contribution < 1.29 is 4.74 Å². The molecule has 0 N–H and O–H groups in total. The molecule has 2 aromatic rings. The molecule has 2 aromatic carbocycles. The van der Waals surface area contributed by atoms with E-state index in [4.69, 9.17) is 4.74 Å². The van der Waals surface area contributed by atoms with E-state index in [1.807, 2.05) is 0 Å². The predicted octanol–water partition coefficient (Wildman–Crippen LogP) is 3.52. The molecule has 19 heavy (non-hydrogen) atoms. The summed E-state index contributed by atoms with van der Waals surface area (Å²) in [4.78, 5) is 0. The summed E-state index contributed by atoms with van der Waals surface area (Å²) in [5, 5.41) is 0. The molecule has 1 aliphatic rings. The first-order valence-electron chi connectivity index (χ1n) is 6.09. The molecule has 1 heterocycles. The van der Waals surface area contributed by atoms with Crippen LogP contribution in [0.1, 0.15) is 11.1 Å². The van der Waals surface area contributed by atoms with E-state index in [1.165, 1.54) is 23.6 Å². The molecule has 1 nitrogen and oxygen atoms in total. The van der Waals surface area contributed by atoms with Crippen LogP contribution in [0.3, 0.4) is 0 Å². The molecule has 3 heteroatoms. The van der Waals surface area contributed by atoms with Crippen molar-refractivity contribution in [2.75, 3.05) is 6.61 Å². The summed E-state index contributed by atoms with van der Waals surface area (Å²) in [6.45, 7) is 2.84. The monoisotopic (exact) mass is 428 g/mol. The molecule has 0 saturated carbocycles. The zero-order chi connectivity index (χ0) is 13.2. The van der Waals surface area contributed by atoms with Crippen LogP contribution in [0.4, 0.5) is 0 Å². The van der Waals surface area contributed by atoms with Crippen molar-refractivity contribution in [2.45, 2.75) is 6.92 Å². The summed E-state index contributed by atoms with van der Waals surface area (Å²) in [5.41, 5.74) is 2.56. The van der Waals surface area contributed by atoms with Crippen molar-refractivity contribution in [1.29, 1.82) is 0 Å². The summed E-state index contributed by atoms with van der Waals surface area (Å²) in [6, 6.07) is 17.2. The van der Waals surface area contributed by atoms with Crippen LogP contribution in [0.15, 0.2) is 52.1 Å². The van der Waals surface area contributed by atoms with Crippen LogP contribution in [-0.4, -0.2) is 21.6 Å². The Morgan fingerprint density at radius 2 is 1.89 bits per heavy atom. The van der Waals surface area contributed by atoms with Gasteiger partial charge in [0.1, 0.15) is 0 Å². The second-order valence-corrected chi connectivity index (χ2v) is 8.01. The van der Waals surface area contributed by atoms with E-state index in [0.717, 1.165) is 5.75 Å². The molecule has 0 amide bonds. The second-order valence-electron chi connectivity index (χ2n) is 4.44. The third-order valence-corrected chi connectivity index (χ3v) is 7.09. The first-order chi connectivity index (χ1) is 9.24. The van der Waals surface area contributed by atoms with Crippen LogP contribution in [0, 0.1) is 6.92 Å². The van der Waals surface area contributed by atoms with Gasteiger partial charge < -0.3 is 0 Å². The van der Waals surface area contributed by atoms with Gasteiger partial charge in [-0.3, -0.25) is 0 Å². The second kappa shape index (κ2) is 5.69. The minimum atomic E-state index is 0.337. The summed E-state index contributed by atoms with van der Waals surface area (Å²) < 4.78 is 10.0. The number of ether oxygens (including phenoxy) is 1. The molecule has 3 rings (SSSR count). The van der Waals surface area contributed by atoms with Gasteiger partial charge in [-0.15, -0.1) is 0 Å². The molecule has 1 aliphatic heterocycles. The maximum absolute atomic E-state index is 5.80. The molecule has 0 spiro atoms. The molecular formula is C16H13IOSe. The van der Waals surface area contributed by atoms with Crippen molar-refractivity contribution >= 4 is 46.5 Å². The van der Waals surface area contributed by atoms with Crippen LogP contribution in [0.5, 0.6) is 5.75 Å². The van der Waals surface area contributed by atoms with E-state index in [2.05, 4.69) is 78.0 Å². The number of halogens is 1. The minimum absolute atomic E-state index is 0.337. The Morgan fingerprint density at radius 3 is 2.68 bits per heavy atom. The van der Waals surface area contributed by atoms with Gasteiger partial charge in [-0.05, 0) is 0 Å². The van der Waals surface area contributed by atoms with Crippen molar-refractivity contribution in [3.05, 3.63) is 63.2 Å². The zero-order valence-corrected chi connectivity index (χ0v) is 14.4. The number of benzene rings is 2. The molecule has 0 unspecified atom stereocenters. The summed E-state index contributed by atoms with van der Waals surface area (Å²) in [7, 11) is 0. The average molecular weight is 427 g/mol. The van der Waals surface area contributed by atoms with Crippen molar-refractivity contribution in [1.82, 2.24) is 0 Å². The molecule has 0 radical (unpaired) electrons. The van der Waals surface area contributed by atoms with E-state index in [9.17, 15) is 0 Å². The van der Waals surface area contributed by atoms with Crippen molar-refractivity contribution in [3.8, 4) is 5.75 Å². The Balaban J connectivity index is 2.02. The van der Waals surface area contributed by atoms with Crippen LogP contribution >= 0.6 is 22.6 Å². The van der Waals surface area contributed by atoms with E-state index < -0.39 is 0 Å². The summed E-state index contributed by atoms with van der Waals surface area (Å²) in [6.07, 6.45) is 0. The molecule has 0 fully saturated rings. The molecule has 0 bridgehead atoms. The van der Waals surface area contributed by atoms with Gasteiger partial charge in [0.15, 0.2) is 0 Å². The standard InChI is InChI=1S/C16H13IOSe/c1-11-7-8-15-13(9-11)16(14(17)10-18-15)19-12-5-3-2-4-6-12/h2-9H,10H2,1H3. The van der Waals surface area contributed by atoms with Gasteiger partial charge in [0, 0.05) is 0 Å². The normalized spacial score (nSPS) is 14.0. The van der Waals surface area contributed by atoms with E-state index in [0.29, 0.717) is 21.6 Å². The maximum atomic E-state index is 5.80. The van der Waals surface area contributed by atoms with E-state index >= 15 is 0 Å². The topological polar surface area (TPSA) is 9.23 Å². The van der Waals surface area contributed by atoms with Gasteiger partial charge in [0.05, 0.1) is 0 Å². The zero-order valence-electron chi connectivity index (χ0n) is 10.5. The van der Waals surface area contributed by atoms with Gasteiger partial charge in [-0.25, -0.2) is 0 Å². The third-order valence-electron chi connectivity index (χ3n) is 2.94. The number of rotatable bonds is 2. The number of fused-ring (bicyclic) bond motifs is 1. The van der Waals surface area contributed by atoms with Gasteiger partial charge in [0.2, 0.25) is 0 Å². The van der Waals surface area contributed by atoms with E-state index in [1.54, 1.807) is 0 Å². The first kappa shape index (κ1) is 13.2. The summed E-state index contributed by atoms with van der Waals surface area (Å²) >= 11 is 2.76. The van der Waals surface area contributed by atoms with Crippen molar-refractivity contribution in [3.63, 3.8) is 0 Å². The Labute approximate surface area is 133 Å². The van der Waals surface area contributed by atoms with Crippen LogP contribution < -0.4 is 9.20 Å². The fourth-order valence-electron chi connectivity index (χ4n) is 2.02.